The number of carbonyl (C=O) groups is 1. The van der Waals surface area contributed by atoms with E-state index in [4.69, 9.17) is 8.92 Å². The molecule has 0 aromatic heterocycles. The van der Waals surface area contributed by atoms with Gasteiger partial charge in [-0.05, 0) is 43.2 Å². The first-order chi connectivity index (χ1) is 12.9. The first-order valence-corrected chi connectivity index (χ1v) is 10.2. The Balaban J connectivity index is 1.66. The van der Waals surface area contributed by atoms with Crippen LogP contribution in [0.15, 0.2) is 53.4 Å². The molecule has 6 nitrogen and oxygen atoms in total. The first-order valence-electron chi connectivity index (χ1n) is 8.77. The molecule has 144 valence electrons. The summed E-state index contributed by atoms with van der Waals surface area (Å²) >= 11 is 0. The molecule has 1 aliphatic heterocycles. The van der Waals surface area contributed by atoms with Crippen molar-refractivity contribution in [2.24, 2.45) is 0 Å². The van der Waals surface area contributed by atoms with Gasteiger partial charge in [0.1, 0.15) is 5.75 Å². The minimum Gasteiger partial charge on any atom is -0.497 e. The molecule has 7 heteroatoms. The van der Waals surface area contributed by atoms with Crippen LogP contribution in [0.4, 0.5) is 0 Å². The minimum absolute atomic E-state index is 0.00662. The van der Waals surface area contributed by atoms with E-state index < -0.39 is 10.1 Å². The van der Waals surface area contributed by atoms with Crippen molar-refractivity contribution in [1.82, 2.24) is 4.90 Å². The van der Waals surface area contributed by atoms with Crippen molar-refractivity contribution in [3.63, 3.8) is 0 Å². The molecule has 0 aliphatic carbocycles. The van der Waals surface area contributed by atoms with Crippen molar-refractivity contribution < 1.29 is 22.1 Å². The molecular weight excluding hydrogens is 366 g/mol. The van der Waals surface area contributed by atoms with Gasteiger partial charge in [-0.15, -0.1) is 0 Å². The lowest BCUT2D eigenvalue weighted by atomic mass is 10.2. The fourth-order valence-corrected chi connectivity index (χ4v) is 3.99. The molecule has 0 radical (unpaired) electrons. The number of hydrogen-bond donors (Lipinski definition) is 0. The van der Waals surface area contributed by atoms with E-state index in [1.54, 1.807) is 24.1 Å². The summed E-state index contributed by atoms with van der Waals surface area (Å²) in [7, 11) is -2.24. The zero-order valence-electron chi connectivity index (χ0n) is 15.4. The van der Waals surface area contributed by atoms with Gasteiger partial charge in [-0.3, -0.25) is 8.98 Å². The normalized spacial score (nSPS) is 17.3. The number of benzene rings is 2. The van der Waals surface area contributed by atoms with E-state index in [1.807, 2.05) is 31.2 Å². The van der Waals surface area contributed by atoms with E-state index in [9.17, 15) is 13.2 Å². The number of nitrogens with zero attached hydrogens (tertiary/aromatic N) is 1. The average Bonchev–Trinajstić information content (AvgIpc) is 3.01. The highest BCUT2D eigenvalue weighted by Crippen LogP contribution is 2.24. The van der Waals surface area contributed by atoms with E-state index in [1.165, 1.54) is 12.1 Å². The summed E-state index contributed by atoms with van der Waals surface area (Å²) in [6.45, 7) is 2.26. The highest BCUT2D eigenvalue weighted by Gasteiger charge is 2.32. The van der Waals surface area contributed by atoms with E-state index in [0.717, 1.165) is 16.9 Å². The summed E-state index contributed by atoms with van der Waals surface area (Å²) < 4.78 is 35.1. The molecule has 1 heterocycles. The Morgan fingerprint density at radius 3 is 2.37 bits per heavy atom. The second kappa shape index (κ2) is 8.10. The van der Waals surface area contributed by atoms with Crippen LogP contribution in [0.25, 0.3) is 0 Å². The second-order valence-electron chi connectivity index (χ2n) is 6.61. The summed E-state index contributed by atoms with van der Waals surface area (Å²) in [6, 6.07) is 13.7. The smallest absolute Gasteiger partial charge is 0.297 e. The number of amides is 1. The lowest BCUT2D eigenvalue weighted by molar-refractivity contribution is -0.129. The number of likely N-dealkylation sites (tertiary alicyclic amines) is 1. The summed E-state index contributed by atoms with van der Waals surface area (Å²) in [5, 5.41) is 0. The Hall–Kier alpha value is -2.38. The first kappa shape index (κ1) is 19.4. The molecule has 3 rings (SSSR count). The van der Waals surface area contributed by atoms with Gasteiger partial charge in [0.15, 0.2) is 0 Å². The summed E-state index contributed by atoms with van der Waals surface area (Å²) in [5.41, 5.74) is 1.93. The molecule has 0 spiro atoms. The Kier molecular flexibility index (Phi) is 5.82. The van der Waals surface area contributed by atoms with Crippen molar-refractivity contribution >= 4 is 16.0 Å². The third kappa shape index (κ3) is 4.67. The molecule has 1 saturated heterocycles. The van der Waals surface area contributed by atoms with Crippen LogP contribution in [-0.2, 0) is 25.6 Å². The van der Waals surface area contributed by atoms with Crippen LogP contribution in [0.5, 0.6) is 5.75 Å². The summed E-state index contributed by atoms with van der Waals surface area (Å²) in [5.74, 6) is 0.753. The summed E-state index contributed by atoms with van der Waals surface area (Å²) in [4.78, 5) is 14.1. The third-order valence-corrected chi connectivity index (χ3v) is 5.99. The molecule has 0 N–H and O–H groups in total. The maximum absolute atomic E-state index is 12.4. The number of carbonyl (C=O) groups excluding carboxylic acids is 1. The molecule has 0 bridgehead atoms. The average molecular weight is 389 g/mol. The van der Waals surface area contributed by atoms with E-state index in [-0.39, 0.29) is 23.5 Å². The highest BCUT2D eigenvalue weighted by molar-refractivity contribution is 7.86. The zero-order valence-corrected chi connectivity index (χ0v) is 16.2. The van der Waals surface area contributed by atoms with Crippen molar-refractivity contribution in [3.05, 3.63) is 59.7 Å². The molecule has 0 saturated carbocycles. The molecule has 1 amide bonds. The molecule has 2 aromatic carbocycles. The maximum Gasteiger partial charge on any atom is 0.297 e. The van der Waals surface area contributed by atoms with Gasteiger partial charge in [-0.1, -0.05) is 29.8 Å². The van der Waals surface area contributed by atoms with Crippen molar-refractivity contribution in [1.29, 1.82) is 0 Å². The Morgan fingerprint density at radius 1 is 1.07 bits per heavy atom. The minimum atomic E-state index is -3.84. The van der Waals surface area contributed by atoms with Crippen molar-refractivity contribution in [2.45, 2.75) is 37.2 Å². The number of aryl methyl sites for hydroxylation is 1. The number of rotatable bonds is 7. The van der Waals surface area contributed by atoms with Gasteiger partial charge in [0.05, 0.1) is 24.7 Å². The molecule has 1 aliphatic rings. The largest absolute Gasteiger partial charge is 0.497 e. The lowest BCUT2D eigenvalue weighted by Crippen LogP contribution is -2.36. The number of ether oxygens (including phenoxy) is 1. The van der Waals surface area contributed by atoms with Gasteiger partial charge < -0.3 is 9.64 Å². The molecule has 1 atom stereocenters. The maximum atomic E-state index is 12.4. The van der Waals surface area contributed by atoms with Crippen LogP contribution in [0, 0.1) is 6.92 Å². The van der Waals surface area contributed by atoms with Gasteiger partial charge in [0.25, 0.3) is 10.1 Å². The predicted molar refractivity (Wildman–Crippen MR) is 101 cm³/mol. The Bertz CT molecular complexity index is 891. The van der Waals surface area contributed by atoms with Crippen molar-refractivity contribution in [3.8, 4) is 5.75 Å². The van der Waals surface area contributed by atoms with Gasteiger partial charge in [-0.25, -0.2) is 0 Å². The van der Waals surface area contributed by atoms with Gasteiger partial charge >= 0.3 is 0 Å². The van der Waals surface area contributed by atoms with Gasteiger partial charge in [0, 0.05) is 13.0 Å². The van der Waals surface area contributed by atoms with Gasteiger partial charge in [-0.2, -0.15) is 8.42 Å². The third-order valence-electron chi connectivity index (χ3n) is 4.69. The van der Waals surface area contributed by atoms with Crippen LogP contribution in [-0.4, -0.2) is 39.0 Å². The van der Waals surface area contributed by atoms with E-state index in [2.05, 4.69) is 0 Å². The summed E-state index contributed by atoms with van der Waals surface area (Å²) in [6.07, 6.45) is 0.979. The van der Waals surface area contributed by atoms with Crippen molar-refractivity contribution in [2.75, 3.05) is 13.7 Å². The van der Waals surface area contributed by atoms with Crippen LogP contribution in [0.1, 0.15) is 24.0 Å². The van der Waals surface area contributed by atoms with Crippen LogP contribution >= 0.6 is 0 Å². The molecule has 1 unspecified atom stereocenters. The lowest BCUT2D eigenvalue weighted by Gasteiger charge is -2.24. The molecule has 2 aromatic rings. The van der Waals surface area contributed by atoms with Crippen LogP contribution in [0.2, 0.25) is 0 Å². The van der Waals surface area contributed by atoms with Crippen LogP contribution in [0.3, 0.4) is 0 Å². The quantitative estimate of drug-likeness (QED) is 0.681. The predicted octanol–water partition coefficient (Wildman–Crippen LogP) is 2.90. The Labute approximate surface area is 159 Å². The number of methoxy groups -OCH3 is 1. The van der Waals surface area contributed by atoms with Crippen LogP contribution < -0.4 is 4.74 Å². The fraction of sp³-hybridized carbons (Fsp3) is 0.350. The molecule has 27 heavy (non-hydrogen) atoms. The molecular formula is C20H23NO5S. The standard InChI is InChI=1S/C20H23NO5S/c1-15-3-10-19(11-4-15)27(23,24)26-14-17-7-12-20(22)21(17)13-16-5-8-18(25-2)9-6-16/h3-6,8-11,17H,7,12-14H2,1-2H3. The SMILES string of the molecule is COc1ccc(CN2C(=O)CCC2COS(=O)(=O)c2ccc(C)cc2)cc1. The number of hydrogen-bond acceptors (Lipinski definition) is 5. The van der Waals surface area contributed by atoms with E-state index in [0.29, 0.717) is 19.4 Å². The zero-order chi connectivity index (χ0) is 19.4. The topological polar surface area (TPSA) is 72.9 Å². The van der Waals surface area contributed by atoms with E-state index >= 15 is 0 Å². The van der Waals surface area contributed by atoms with Gasteiger partial charge in [0.2, 0.25) is 5.91 Å². The molecule has 1 fully saturated rings. The highest BCUT2D eigenvalue weighted by atomic mass is 32.2. The Morgan fingerprint density at radius 2 is 1.74 bits per heavy atom. The fourth-order valence-electron chi connectivity index (χ4n) is 3.05. The monoisotopic (exact) mass is 389 g/mol. The second-order valence-corrected chi connectivity index (χ2v) is 8.23.